The third kappa shape index (κ3) is 4.29. The number of fused-ring (bicyclic) bond motifs is 1. The molecular weight excluding hydrogens is 421 g/mol. The van der Waals surface area contributed by atoms with Crippen molar-refractivity contribution in [1.82, 2.24) is 19.5 Å². The Hall–Kier alpha value is -2.59. The molecular formula is C19H20ClF3N6O. The summed E-state index contributed by atoms with van der Waals surface area (Å²) in [6, 6.07) is 3.26. The lowest BCUT2D eigenvalue weighted by atomic mass is 9.93. The first-order valence-corrected chi connectivity index (χ1v) is 9.71. The second-order valence-electron chi connectivity index (χ2n) is 7.55. The van der Waals surface area contributed by atoms with Crippen molar-refractivity contribution >= 4 is 40.3 Å². The van der Waals surface area contributed by atoms with Crippen LogP contribution in [0.5, 0.6) is 0 Å². The Morgan fingerprint density at radius 3 is 2.60 bits per heavy atom. The first-order chi connectivity index (χ1) is 14.1. The van der Waals surface area contributed by atoms with E-state index < -0.39 is 11.7 Å². The fraction of sp³-hybridized carbons (Fsp3) is 0.421. The van der Waals surface area contributed by atoms with Gasteiger partial charge in [0.05, 0.1) is 11.8 Å². The van der Waals surface area contributed by atoms with Crippen LogP contribution in [0.2, 0.25) is 5.02 Å². The van der Waals surface area contributed by atoms with Crippen molar-refractivity contribution in [2.45, 2.75) is 31.5 Å². The number of ether oxygens (including phenoxy) is 1. The number of hydrogen-bond acceptors (Lipinski definition) is 6. The second kappa shape index (κ2) is 7.59. The SMILES string of the molecule is Cn1c(Nc2cc(Cl)cc(C(F)(F)F)c2)nc2cnc(NC3(C)CCOCC3)nc21. The fourth-order valence-corrected chi connectivity index (χ4v) is 3.56. The van der Waals surface area contributed by atoms with Crippen LogP contribution in [0, 0.1) is 0 Å². The predicted octanol–water partition coefficient (Wildman–Crippen LogP) is 4.76. The predicted molar refractivity (Wildman–Crippen MR) is 108 cm³/mol. The molecule has 0 unspecified atom stereocenters. The molecule has 0 saturated carbocycles. The van der Waals surface area contributed by atoms with E-state index in [2.05, 4.69) is 32.5 Å². The van der Waals surface area contributed by atoms with Crippen molar-refractivity contribution in [2.75, 3.05) is 23.8 Å². The van der Waals surface area contributed by atoms with Gasteiger partial charge in [0.15, 0.2) is 5.65 Å². The highest BCUT2D eigenvalue weighted by atomic mass is 35.5. The Kier molecular flexibility index (Phi) is 5.23. The molecule has 0 amide bonds. The van der Waals surface area contributed by atoms with Crippen LogP contribution in [-0.4, -0.2) is 38.3 Å². The van der Waals surface area contributed by atoms with Crippen molar-refractivity contribution in [1.29, 1.82) is 0 Å². The summed E-state index contributed by atoms with van der Waals surface area (Å²) >= 11 is 5.86. The van der Waals surface area contributed by atoms with Gasteiger partial charge >= 0.3 is 6.18 Å². The van der Waals surface area contributed by atoms with E-state index in [1.165, 1.54) is 6.07 Å². The molecule has 0 atom stereocenters. The number of hydrogen-bond donors (Lipinski definition) is 2. The minimum Gasteiger partial charge on any atom is -0.381 e. The van der Waals surface area contributed by atoms with Crippen LogP contribution in [0.3, 0.4) is 0 Å². The molecule has 160 valence electrons. The highest BCUT2D eigenvalue weighted by Crippen LogP contribution is 2.34. The van der Waals surface area contributed by atoms with Crippen LogP contribution < -0.4 is 10.6 Å². The van der Waals surface area contributed by atoms with Crippen molar-refractivity contribution in [3.63, 3.8) is 0 Å². The van der Waals surface area contributed by atoms with Crippen LogP contribution in [0.1, 0.15) is 25.3 Å². The smallest absolute Gasteiger partial charge is 0.381 e. The second-order valence-corrected chi connectivity index (χ2v) is 7.98. The van der Waals surface area contributed by atoms with Crippen LogP contribution in [0.15, 0.2) is 24.4 Å². The van der Waals surface area contributed by atoms with Gasteiger partial charge in [0.25, 0.3) is 0 Å². The molecule has 2 aromatic heterocycles. The number of nitrogens with one attached hydrogen (secondary N) is 2. The summed E-state index contributed by atoms with van der Waals surface area (Å²) in [5.74, 6) is 0.785. The first-order valence-electron chi connectivity index (χ1n) is 9.33. The Morgan fingerprint density at radius 2 is 1.90 bits per heavy atom. The summed E-state index contributed by atoms with van der Waals surface area (Å²) in [6.45, 7) is 3.44. The van der Waals surface area contributed by atoms with Gasteiger partial charge in [-0.25, -0.2) is 9.97 Å². The molecule has 1 fully saturated rings. The summed E-state index contributed by atoms with van der Waals surface area (Å²) in [7, 11) is 1.72. The zero-order valence-electron chi connectivity index (χ0n) is 16.3. The number of aryl methyl sites for hydroxylation is 1. The number of rotatable bonds is 4. The highest BCUT2D eigenvalue weighted by molar-refractivity contribution is 6.31. The molecule has 1 aliphatic heterocycles. The molecule has 0 radical (unpaired) electrons. The van der Waals surface area contributed by atoms with Crippen LogP contribution >= 0.6 is 11.6 Å². The fourth-order valence-electron chi connectivity index (χ4n) is 3.33. The van der Waals surface area contributed by atoms with Gasteiger partial charge in [0, 0.05) is 36.5 Å². The van der Waals surface area contributed by atoms with Crippen LogP contribution in [0.25, 0.3) is 11.2 Å². The Labute approximate surface area is 175 Å². The number of anilines is 3. The maximum absolute atomic E-state index is 13.1. The van der Waals surface area contributed by atoms with E-state index in [1.54, 1.807) is 17.8 Å². The average Bonchev–Trinajstić information content (AvgIpc) is 2.96. The summed E-state index contributed by atoms with van der Waals surface area (Å²) < 4.78 is 46.2. The molecule has 0 bridgehead atoms. The average molecular weight is 441 g/mol. The lowest BCUT2D eigenvalue weighted by molar-refractivity contribution is -0.137. The molecule has 11 heteroatoms. The topological polar surface area (TPSA) is 76.9 Å². The third-order valence-electron chi connectivity index (χ3n) is 5.10. The molecule has 30 heavy (non-hydrogen) atoms. The molecule has 1 aromatic carbocycles. The summed E-state index contributed by atoms with van der Waals surface area (Å²) in [4.78, 5) is 13.3. The summed E-state index contributed by atoms with van der Waals surface area (Å²) in [6.07, 6.45) is -1.25. The Morgan fingerprint density at radius 1 is 1.17 bits per heavy atom. The maximum atomic E-state index is 13.1. The molecule has 7 nitrogen and oxygen atoms in total. The van der Waals surface area contributed by atoms with E-state index in [-0.39, 0.29) is 16.2 Å². The van der Waals surface area contributed by atoms with Gasteiger partial charge in [-0.1, -0.05) is 11.6 Å². The summed E-state index contributed by atoms with van der Waals surface area (Å²) in [5, 5.41) is 6.22. The summed E-state index contributed by atoms with van der Waals surface area (Å²) in [5.41, 5.74) is 0.228. The molecule has 3 heterocycles. The van der Waals surface area contributed by atoms with Gasteiger partial charge in [0.2, 0.25) is 11.9 Å². The van der Waals surface area contributed by atoms with Crippen molar-refractivity contribution in [3.05, 3.63) is 35.0 Å². The largest absolute Gasteiger partial charge is 0.416 e. The van der Waals surface area contributed by atoms with Gasteiger partial charge in [-0.05, 0) is 38.0 Å². The number of nitrogens with zero attached hydrogens (tertiary/aromatic N) is 4. The quantitative estimate of drug-likeness (QED) is 0.609. The van der Waals surface area contributed by atoms with E-state index in [0.29, 0.717) is 36.3 Å². The zero-order chi connectivity index (χ0) is 21.5. The van der Waals surface area contributed by atoms with E-state index >= 15 is 0 Å². The normalized spacial score (nSPS) is 16.6. The van der Waals surface area contributed by atoms with E-state index in [0.717, 1.165) is 25.0 Å². The first kappa shape index (κ1) is 20.7. The van der Waals surface area contributed by atoms with Crippen LogP contribution in [-0.2, 0) is 18.0 Å². The van der Waals surface area contributed by atoms with Gasteiger partial charge < -0.3 is 15.4 Å². The highest BCUT2D eigenvalue weighted by Gasteiger charge is 2.31. The standard InChI is InChI=1S/C19H20ClF3N6O/c1-18(3-5-30-6-4-18)28-16-24-10-14-15(27-16)29(2)17(26-14)25-13-8-11(19(21,22)23)7-12(20)9-13/h7-10H,3-6H2,1-2H3,(H,25,26)(H,24,27,28). The zero-order valence-corrected chi connectivity index (χ0v) is 17.1. The van der Waals surface area contributed by atoms with Crippen molar-refractivity contribution in [2.24, 2.45) is 7.05 Å². The molecule has 0 spiro atoms. The molecule has 1 saturated heterocycles. The number of halogens is 4. The Bertz CT molecular complexity index is 1080. The van der Waals surface area contributed by atoms with Crippen LogP contribution in [0.4, 0.5) is 30.8 Å². The van der Waals surface area contributed by atoms with Gasteiger partial charge in [-0.2, -0.15) is 18.2 Å². The monoisotopic (exact) mass is 440 g/mol. The number of imidazole rings is 1. The molecule has 3 aromatic rings. The van der Waals surface area contributed by atoms with Gasteiger partial charge in [-0.3, -0.25) is 4.57 Å². The van der Waals surface area contributed by atoms with E-state index in [4.69, 9.17) is 16.3 Å². The van der Waals surface area contributed by atoms with E-state index in [1.807, 2.05) is 0 Å². The third-order valence-corrected chi connectivity index (χ3v) is 5.32. The van der Waals surface area contributed by atoms with Gasteiger partial charge in [-0.15, -0.1) is 0 Å². The molecule has 4 rings (SSSR count). The minimum absolute atomic E-state index is 0.0259. The Balaban J connectivity index is 1.62. The number of aromatic nitrogens is 4. The molecule has 0 aliphatic carbocycles. The number of alkyl halides is 3. The van der Waals surface area contributed by atoms with Crippen molar-refractivity contribution in [3.8, 4) is 0 Å². The molecule has 1 aliphatic rings. The van der Waals surface area contributed by atoms with E-state index in [9.17, 15) is 13.2 Å². The van der Waals surface area contributed by atoms with Gasteiger partial charge in [0.1, 0.15) is 5.52 Å². The number of benzene rings is 1. The minimum atomic E-state index is -4.50. The lowest BCUT2D eigenvalue weighted by Gasteiger charge is -2.34. The molecule has 2 N–H and O–H groups in total. The maximum Gasteiger partial charge on any atom is 0.416 e. The lowest BCUT2D eigenvalue weighted by Crippen LogP contribution is -2.41. The van der Waals surface area contributed by atoms with Crippen molar-refractivity contribution < 1.29 is 17.9 Å².